The topological polar surface area (TPSA) is 35.9 Å². The fraction of sp³-hybridized carbons (Fsp3) is 0.0435. The third-order valence-electron chi connectivity index (χ3n) is 9.91. The van der Waals surface area contributed by atoms with Crippen LogP contribution in [0, 0.1) is 0 Å². The van der Waals surface area contributed by atoms with Gasteiger partial charge in [0.2, 0.25) is 0 Å². The van der Waals surface area contributed by atoms with Crippen LogP contribution >= 0.6 is 0 Å². The maximum absolute atomic E-state index is 5.85. The Morgan fingerprint density at radius 2 is 1.27 bits per heavy atom. The summed E-state index contributed by atoms with van der Waals surface area (Å²) in [7, 11) is 0. The molecule has 7 aromatic rings. The van der Waals surface area contributed by atoms with Gasteiger partial charge in [-0.25, -0.2) is 0 Å². The van der Waals surface area contributed by atoms with Gasteiger partial charge in [0.05, 0.1) is 22.1 Å². The Bertz CT molecular complexity index is 2680. The minimum atomic E-state index is 0.847. The Morgan fingerprint density at radius 1 is 0.592 bits per heavy atom. The van der Waals surface area contributed by atoms with Gasteiger partial charge in [-0.3, -0.25) is 0 Å². The van der Waals surface area contributed by atoms with E-state index in [4.69, 9.17) is 5.73 Å². The molecule has 3 nitrogen and oxygen atoms in total. The molecule has 3 heteroatoms. The van der Waals surface area contributed by atoms with E-state index in [2.05, 4.69) is 167 Å². The molecule has 2 aliphatic rings. The van der Waals surface area contributed by atoms with E-state index in [0.29, 0.717) is 0 Å². The van der Waals surface area contributed by atoms with Crippen LogP contribution in [0.2, 0.25) is 0 Å². The number of benzene rings is 5. The molecule has 234 valence electrons. The van der Waals surface area contributed by atoms with E-state index in [1.54, 1.807) is 6.20 Å². The SMILES string of the molecule is C/C=C\C=C/C1=CC(/C=C\N)=C2CC=C(n3c4ccccc4c4cc(-c5ccc6c7ccccc7n(-c7ccccc7)c6c5)ccc43)C=C12. The van der Waals surface area contributed by atoms with Crippen molar-refractivity contribution in [3.8, 4) is 16.8 Å². The van der Waals surface area contributed by atoms with Gasteiger partial charge in [0.1, 0.15) is 0 Å². The minimum Gasteiger partial charge on any atom is -0.405 e. The lowest BCUT2D eigenvalue weighted by Gasteiger charge is -2.18. The summed E-state index contributed by atoms with van der Waals surface area (Å²) < 4.78 is 4.82. The molecule has 0 radical (unpaired) electrons. The first kappa shape index (κ1) is 28.9. The lowest BCUT2D eigenvalue weighted by molar-refractivity contribution is 1.14. The monoisotopic (exact) mass is 629 g/mol. The average Bonchev–Trinajstić information content (AvgIpc) is 3.79. The van der Waals surface area contributed by atoms with E-state index in [1.807, 2.05) is 13.0 Å². The van der Waals surface area contributed by atoms with Crippen molar-refractivity contribution in [2.75, 3.05) is 0 Å². The predicted octanol–water partition coefficient (Wildman–Crippen LogP) is 11.6. The van der Waals surface area contributed by atoms with Crippen LogP contribution in [0.15, 0.2) is 192 Å². The lowest BCUT2D eigenvalue weighted by Crippen LogP contribution is -2.02. The highest BCUT2D eigenvalue weighted by Gasteiger charge is 2.24. The molecule has 0 unspecified atom stereocenters. The first-order chi connectivity index (χ1) is 24.2. The molecule has 2 aromatic heterocycles. The number of hydrogen-bond donors (Lipinski definition) is 1. The van der Waals surface area contributed by atoms with Gasteiger partial charge in [-0.15, -0.1) is 0 Å². The number of para-hydroxylation sites is 3. The van der Waals surface area contributed by atoms with Gasteiger partial charge in [-0.1, -0.05) is 103 Å². The van der Waals surface area contributed by atoms with Crippen molar-refractivity contribution >= 4 is 49.3 Å². The van der Waals surface area contributed by atoms with Crippen LogP contribution < -0.4 is 5.73 Å². The highest BCUT2D eigenvalue weighted by molar-refractivity contribution is 6.13. The maximum Gasteiger partial charge on any atom is 0.0547 e. The van der Waals surface area contributed by atoms with Gasteiger partial charge in [-0.2, -0.15) is 0 Å². The summed E-state index contributed by atoms with van der Waals surface area (Å²) in [5, 5.41) is 5.03. The van der Waals surface area contributed by atoms with E-state index in [1.165, 1.54) is 88.4 Å². The fourth-order valence-corrected chi connectivity index (χ4v) is 7.73. The average molecular weight is 630 g/mol. The zero-order valence-electron chi connectivity index (χ0n) is 27.3. The first-order valence-corrected chi connectivity index (χ1v) is 16.9. The molecule has 0 saturated heterocycles. The summed E-state index contributed by atoms with van der Waals surface area (Å²) in [5.41, 5.74) is 20.4. The van der Waals surface area contributed by atoms with Crippen molar-refractivity contribution in [1.29, 1.82) is 0 Å². The van der Waals surface area contributed by atoms with E-state index in [9.17, 15) is 0 Å². The van der Waals surface area contributed by atoms with E-state index >= 15 is 0 Å². The Labute approximate surface area is 285 Å². The summed E-state index contributed by atoms with van der Waals surface area (Å²) in [6, 6.07) is 42.0. The van der Waals surface area contributed by atoms with Crippen molar-refractivity contribution in [2.24, 2.45) is 5.73 Å². The molecule has 0 saturated carbocycles. The van der Waals surface area contributed by atoms with Gasteiger partial charge in [0.25, 0.3) is 0 Å². The molecular formula is C46H35N3. The Morgan fingerprint density at radius 3 is 2.06 bits per heavy atom. The number of rotatable bonds is 6. The Kier molecular flexibility index (Phi) is 6.91. The van der Waals surface area contributed by atoms with Gasteiger partial charge in [-0.05, 0) is 114 Å². The molecule has 5 aromatic carbocycles. The van der Waals surface area contributed by atoms with Crippen LogP contribution in [0.5, 0.6) is 0 Å². The molecule has 0 fully saturated rings. The van der Waals surface area contributed by atoms with Crippen LogP contribution in [-0.2, 0) is 0 Å². The number of hydrogen-bond acceptors (Lipinski definition) is 1. The Hall–Kier alpha value is -6.32. The van der Waals surface area contributed by atoms with Gasteiger partial charge < -0.3 is 14.9 Å². The maximum atomic E-state index is 5.85. The highest BCUT2D eigenvalue weighted by Crippen LogP contribution is 2.43. The summed E-state index contributed by atoms with van der Waals surface area (Å²) in [4.78, 5) is 0. The molecule has 0 amide bonds. The lowest BCUT2D eigenvalue weighted by atomic mass is 9.93. The summed E-state index contributed by atoms with van der Waals surface area (Å²) in [6.45, 7) is 2.04. The van der Waals surface area contributed by atoms with Crippen molar-refractivity contribution in [3.63, 3.8) is 0 Å². The Balaban J connectivity index is 1.20. The largest absolute Gasteiger partial charge is 0.405 e. The zero-order valence-corrected chi connectivity index (χ0v) is 27.3. The normalized spacial score (nSPS) is 15.1. The molecule has 49 heavy (non-hydrogen) atoms. The number of allylic oxidation sites excluding steroid dienone is 13. The molecule has 2 aliphatic carbocycles. The van der Waals surface area contributed by atoms with Gasteiger partial charge in [0, 0.05) is 32.9 Å². The number of nitrogens with two attached hydrogens (primary N) is 1. The second-order valence-electron chi connectivity index (χ2n) is 12.7. The van der Waals surface area contributed by atoms with E-state index in [0.717, 1.165) is 6.42 Å². The van der Waals surface area contributed by atoms with Crippen molar-refractivity contribution in [1.82, 2.24) is 9.13 Å². The second-order valence-corrected chi connectivity index (χ2v) is 12.7. The summed E-state index contributed by atoms with van der Waals surface area (Å²) >= 11 is 0. The van der Waals surface area contributed by atoms with Crippen molar-refractivity contribution < 1.29 is 0 Å². The third kappa shape index (κ3) is 4.66. The molecule has 0 spiro atoms. The van der Waals surface area contributed by atoms with Crippen molar-refractivity contribution in [2.45, 2.75) is 13.3 Å². The molecule has 0 aliphatic heterocycles. The standard InChI is InChI=1S/C46H35N3/c1-2-3-5-12-33-27-34(25-26-47)37-23-21-36(30-41(33)37)49-44-18-11-9-16-39(44)42-28-31(20-24-45(42)49)32-19-22-40-38-15-8-10-17-43(38)48(46(40)29-32)35-13-6-4-7-14-35/h2-22,24-30H,23,47H2,1H3/b3-2-,12-5-,26-25-. The summed E-state index contributed by atoms with van der Waals surface area (Å²) in [6.07, 6.45) is 19.9. The molecule has 0 atom stereocenters. The minimum absolute atomic E-state index is 0.847. The van der Waals surface area contributed by atoms with Crippen molar-refractivity contribution in [3.05, 3.63) is 192 Å². The highest BCUT2D eigenvalue weighted by atomic mass is 15.0. The molecule has 2 N–H and O–H groups in total. The molecule has 2 heterocycles. The predicted molar refractivity (Wildman–Crippen MR) is 209 cm³/mol. The van der Waals surface area contributed by atoms with E-state index < -0.39 is 0 Å². The zero-order chi connectivity index (χ0) is 32.9. The van der Waals surface area contributed by atoms with Gasteiger partial charge >= 0.3 is 0 Å². The van der Waals surface area contributed by atoms with Crippen LogP contribution in [0.4, 0.5) is 0 Å². The van der Waals surface area contributed by atoms with Gasteiger partial charge in [0.15, 0.2) is 0 Å². The fourth-order valence-electron chi connectivity index (χ4n) is 7.73. The summed E-state index contributed by atoms with van der Waals surface area (Å²) in [5.74, 6) is 0. The quantitative estimate of drug-likeness (QED) is 0.183. The molecule has 9 rings (SSSR count). The second kappa shape index (κ2) is 11.7. The number of aromatic nitrogens is 2. The first-order valence-electron chi connectivity index (χ1n) is 16.9. The molecule has 0 bridgehead atoms. The van der Waals surface area contributed by atoms with Crippen LogP contribution in [0.1, 0.15) is 13.3 Å². The third-order valence-corrected chi connectivity index (χ3v) is 9.91. The van der Waals surface area contributed by atoms with Crippen LogP contribution in [-0.4, -0.2) is 9.13 Å². The molecular weight excluding hydrogens is 595 g/mol. The van der Waals surface area contributed by atoms with Crippen LogP contribution in [0.25, 0.3) is 66.1 Å². The number of fused-ring (bicyclic) bond motifs is 7. The van der Waals surface area contributed by atoms with Crippen LogP contribution in [0.3, 0.4) is 0 Å². The smallest absolute Gasteiger partial charge is 0.0547 e. The van der Waals surface area contributed by atoms with E-state index in [-0.39, 0.29) is 0 Å². The number of nitrogens with zero attached hydrogens (tertiary/aromatic N) is 2.